The van der Waals surface area contributed by atoms with E-state index in [1.165, 1.54) is 12.1 Å². The SMILES string of the molecule is N#Cc1cc(F)cc(CNN2CCOCC2)c1. The molecule has 90 valence electrons. The third-order valence-corrected chi connectivity index (χ3v) is 2.60. The average molecular weight is 235 g/mol. The van der Waals surface area contributed by atoms with E-state index in [9.17, 15) is 4.39 Å². The molecule has 1 fully saturated rings. The predicted molar refractivity (Wildman–Crippen MR) is 60.3 cm³/mol. The number of nitrogens with zero attached hydrogens (tertiary/aromatic N) is 2. The summed E-state index contributed by atoms with van der Waals surface area (Å²) < 4.78 is 18.4. The van der Waals surface area contributed by atoms with Crippen molar-refractivity contribution in [3.05, 3.63) is 35.1 Å². The van der Waals surface area contributed by atoms with E-state index in [4.69, 9.17) is 10.00 Å². The van der Waals surface area contributed by atoms with Gasteiger partial charge < -0.3 is 4.74 Å². The molecule has 0 radical (unpaired) electrons. The van der Waals surface area contributed by atoms with Gasteiger partial charge >= 0.3 is 0 Å². The van der Waals surface area contributed by atoms with Crippen LogP contribution in [0.25, 0.3) is 0 Å². The predicted octanol–water partition coefficient (Wildman–Crippen LogP) is 1.03. The van der Waals surface area contributed by atoms with E-state index in [-0.39, 0.29) is 5.82 Å². The van der Waals surface area contributed by atoms with E-state index in [0.717, 1.165) is 18.7 Å². The molecule has 4 nitrogen and oxygen atoms in total. The summed E-state index contributed by atoms with van der Waals surface area (Å²) in [6, 6.07) is 6.31. The van der Waals surface area contributed by atoms with Gasteiger partial charge in [0.2, 0.25) is 0 Å². The highest BCUT2D eigenvalue weighted by Crippen LogP contribution is 2.08. The standard InChI is InChI=1S/C12H14FN3O/c13-12-6-10(8-14)5-11(7-12)9-15-16-1-3-17-4-2-16/h5-7,15H,1-4,9H2. The third kappa shape index (κ3) is 3.49. The van der Waals surface area contributed by atoms with Gasteiger partial charge in [0.15, 0.2) is 0 Å². The number of hydrogen-bond donors (Lipinski definition) is 1. The molecule has 1 heterocycles. The van der Waals surface area contributed by atoms with Crippen LogP contribution in [0.5, 0.6) is 0 Å². The Morgan fingerprint density at radius 3 is 2.82 bits per heavy atom. The van der Waals surface area contributed by atoms with Crippen LogP contribution in [-0.2, 0) is 11.3 Å². The highest BCUT2D eigenvalue weighted by atomic mass is 19.1. The number of halogens is 1. The summed E-state index contributed by atoms with van der Waals surface area (Å²) in [5, 5.41) is 10.8. The lowest BCUT2D eigenvalue weighted by molar-refractivity contribution is 0.0105. The number of rotatable bonds is 3. The van der Waals surface area contributed by atoms with Gasteiger partial charge in [-0.15, -0.1) is 0 Å². The molecule has 1 saturated heterocycles. The van der Waals surface area contributed by atoms with Gasteiger partial charge in [-0.25, -0.2) is 9.40 Å². The largest absolute Gasteiger partial charge is 0.379 e. The Hall–Kier alpha value is -1.48. The molecule has 0 spiro atoms. The van der Waals surface area contributed by atoms with Gasteiger partial charge in [0.1, 0.15) is 5.82 Å². The number of hydrogen-bond acceptors (Lipinski definition) is 4. The van der Waals surface area contributed by atoms with Crippen LogP contribution in [0.4, 0.5) is 4.39 Å². The quantitative estimate of drug-likeness (QED) is 0.850. The molecular formula is C12H14FN3O. The van der Waals surface area contributed by atoms with E-state index < -0.39 is 0 Å². The van der Waals surface area contributed by atoms with E-state index in [1.807, 2.05) is 11.1 Å². The molecule has 0 aliphatic carbocycles. The summed E-state index contributed by atoms with van der Waals surface area (Å²) in [5.41, 5.74) is 4.32. The minimum Gasteiger partial charge on any atom is -0.379 e. The first kappa shape index (κ1) is 12.0. The Morgan fingerprint density at radius 1 is 1.35 bits per heavy atom. The molecule has 1 aliphatic heterocycles. The molecule has 0 aromatic heterocycles. The molecule has 0 amide bonds. The van der Waals surface area contributed by atoms with Crippen molar-refractivity contribution < 1.29 is 9.13 Å². The Morgan fingerprint density at radius 2 is 2.12 bits per heavy atom. The van der Waals surface area contributed by atoms with Crippen LogP contribution in [0, 0.1) is 17.1 Å². The molecule has 1 N–H and O–H groups in total. The summed E-state index contributed by atoms with van der Waals surface area (Å²) in [4.78, 5) is 0. The Kier molecular flexibility index (Phi) is 4.04. The fraction of sp³-hybridized carbons (Fsp3) is 0.417. The molecule has 2 rings (SSSR count). The van der Waals surface area contributed by atoms with Gasteiger partial charge in [0.05, 0.1) is 24.8 Å². The second-order valence-electron chi connectivity index (χ2n) is 3.89. The van der Waals surface area contributed by atoms with E-state index in [0.29, 0.717) is 25.3 Å². The van der Waals surface area contributed by atoms with Crippen LogP contribution in [0.1, 0.15) is 11.1 Å². The molecule has 0 saturated carbocycles. The fourth-order valence-electron chi connectivity index (χ4n) is 1.74. The molecule has 17 heavy (non-hydrogen) atoms. The zero-order valence-corrected chi connectivity index (χ0v) is 9.45. The smallest absolute Gasteiger partial charge is 0.124 e. The normalized spacial score (nSPS) is 16.7. The first-order valence-electron chi connectivity index (χ1n) is 5.54. The number of morpholine rings is 1. The zero-order chi connectivity index (χ0) is 12.1. The summed E-state index contributed by atoms with van der Waals surface area (Å²) in [6.07, 6.45) is 0. The molecule has 0 atom stereocenters. The van der Waals surface area contributed by atoms with Crippen LogP contribution in [-0.4, -0.2) is 31.3 Å². The second kappa shape index (κ2) is 5.73. The minimum absolute atomic E-state index is 0.351. The number of benzene rings is 1. The topological polar surface area (TPSA) is 48.3 Å². The van der Waals surface area contributed by atoms with Crippen molar-refractivity contribution in [3.8, 4) is 6.07 Å². The van der Waals surface area contributed by atoms with Crippen LogP contribution >= 0.6 is 0 Å². The molecule has 1 aromatic carbocycles. The molecule has 1 aromatic rings. The van der Waals surface area contributed by atoms with E-state index in [2.05, 4.69) is 5.43 Å². The lowest BCUT2D eigenvalue weighted by atomic mass is 10.1. The average Bonchev–Trinajstić information content (AvgIpc) is 2.37. The van der Waals surface area contributed by atoms with E-state index >= 15 is 0 Å². The highest BCUT2D eigenvalue weighted by Gasteiger charge is 2.09. The lowest BCUT2D eigenvalue weighted by Gasteiger charge is -2.27. The number of nitriles is 1. The summed E-state index contributed by atoms with van der Waals surface area (Å²) in [7, 11) is 0. The lowest BCUT2D eigenvalue weighted by Crippen LogP contribution is -2.45. The van der Waals surface area contributed by atoms with Gasteiger partial charge in [-0.3, -0.25) is 5.43 Å². The van der Waals surface area contributed by atoms with Crippen molar-refractivity contribution >= 4 is 0 Å². The van der Waals surface area contributed by atoms with Gasteiger partial charge in [-0.2, -0.15) is 5.26 Å². The number of nitrogens with one attached hydrogen (secondary N) is 1. The van der Waals surface area contributed by atoms with Crippen LogP contribution < -0.4 is 5.43 Å². The summed E-state index contributed by atoms with van der Waals surface area (Å²) in [6.45, 7) is 3.58. The number of hydrazine groups is 1. The first-order chi connectivity index (χ1) is 8.28. The van der Waals surface area contributed by atoms with Gasteiger partial charge in [0, 0.05) is 19.6 Å². The second-order valence-corrected chi connectivity index (χ2v) is 3.89. The summed E-state index contributed by atoms with van der Waals surface area (Å²) in [5.74, 6) is -0.372. The van der Waals surface area contributed by atoms with Crippen LogP contribution in [0.3, 0.4) is 0 Å². The summed E-state index contributed by atoms with van der Waals surface area (Å²) >= 11 is 0. The molecule has 5 heteroatoms. The fourth-order valence-corrected chi connectivity index (χ4v) is 1.74. The van der Waals surface area contributed by atoms with Gasteiger partial charge in [-0.1, -0.05) is 0 Å². The molecular weight excluding hydrogens is 221 g/mol. The first-order valence-corrected chi connectivity index (χ1v) is 5.54. The van der Waals surface area contributed by atoms with Crippen molar-refractivity contribution in [1.29, 1.82) is 5.26 Å². The van der Waals surface area contributed by atoms with Crippen molar-refractivity contribution in [2.45, 2.75) is 6.54 Å². The molecule has 1 aliphatic rings. The molecule has 0 bridgehead atoms. The number of ether oxygens (including phenoxy) is 1. The Labute approximate surface area is 99.6 Å². The zero-order valence-electron chi connectivity index (χ0n) is 9.45. The maximum Gasteiger partial charge on any atom is 0.124 e. The highest BCUT2D eigenvalue weighted by molar-refractivity contribution is 5.33. The van der Waals surface area contributed by atoms with Gasteiger partial charge in [0.25, 0.3) is 0 Å². The van der Waals surface area contributed by atoms with Crippen molar-refractivity contribution in [2.75, 3.05) is 26.3 Å². The molecule has 0 unspecified atom stereocenters. The van der Waals surface area contributed by atoms with Crippen LogP contribution in [0.2, 0.25) is 0 Å². The van der Waals surface area contributed by atoms with Gasteiger partial charge in [-0.05, 0) is 23.8 Å². The Balaban J connectivity index is 1.94. The maximum absolute atomic E-state index is 13.2. The monoisotopic (exact) mass is 235 g/mol. The van der Waals surface area contributed by atoms with Crippen molar-refractivity contribution in [2.24, 2.45) is 0 Å². The van der Waals surface area contributed by atoms with E-state index in [1.54, 1.807) is 6.07 Å². The third-order valence-electron chi connectivity index (χ3n) is 2.60. The van der Waals surface area contributed by atoms with Crippen LogP contribution in [0.15, 0.2) is 18.2 Å². The minimum atomic E-state index is -0.372. The maximum atomic E-state index is 13.2. The van der Waals surface area contributed by atoms with Crippen molar-refractivity contribution in [1.82, 2.24) is 10.4 Å². The Bertz CT molecular complexity index is 424. The van der Waals surface area contributed by atoms with Crippen molar-refractivity contribution in [3.63, 3.8) is 0 Å².